The summed E-state index contributed by atoms with van der Waals surface area (Å²) < 4.78 is 49.8. The van der Waals surface area contributed by atoms with Gasteiger partial charge >= 0.3 is 6.18 Å². The number of nitrogens with one attached hydrogen (secondary N) is 1. The van der Waals surface area contributed by atoms with E-state index in [-0.39, 0.29) is 37.6 Å². The van der Waals surface area contributed by atoms with E-state index in [9.17, 15) is 22.8 Å². The molecular formula is C41H35F3N4O5. The third-order valence-corrected chi connectivity index (χ3v) is 8.45. The summed E-state index contributed by atoms with van der Waals surface area (Å²) in [6.07, 6.45) is -4.76. The van der Waals surface area contributed by atoms with Gasteiger partial charge in [0.15, 0.2) is 0 Å². The molecule has 0 saturated heterocycles. The molecule has 6 aromatic rings. The molecule has 2 N–H and O–H groups in total. The quantitative estimate of drug-likeness (QED) is 0.0913. The molecule has 9 nitrogen and oxygen atoms in total. The Morgan fingerprint density at radius 2 is 1.45 bits per heavy atom. The van der Waals surface area contributed by atoms with Gasteiger partial charge in [0.05, 0.1) is 18.6 Å². The lowest BCUT2D eigenvalue weighted by Gasteiger charge is -2.23. The van der Waals surface area contributed by atoms with E-state index in [0.29, 0.717) is 23.0 Å². The molecule has 1 heterocycles. The Hall–Kier alpha value is -6.11. The maximum atomic E-state index is 13.6. The maximum absolute atomic E-state index is 13.6. The number of anilines is 1. The van der Waals surface area contributed by atoms with Crippen LogP contribution in [0.15, 0.2) is 126 Å². The summed E-state index contributed by atoms with van der Waals surface area (Å²) in [5, 5.41) is 15.9. The van der Waals surface area contributed by atoms with Crippen molar-refractivity contribution in [1.82, 2.24) is 15.0 Å². The molecular weight excluding hydrogens is 685 g/mol. The average molecular weight is 721 g/mol. The number of alkyl halides is 3. The van der Waals surface area contributed by atoms with Crippen LogP contribution in [0, 0.1) is 6.92 Å². The minimum absolute atomic E-state index is 0.0988. The smallest absolute Gasteiger partial charge is 0.371 e. The summed E-state index contributed by atoms with van der Waals surface area (Å²) in [4.78, 5) is 32.3. The number of hydrogen-bond donors (Lipinski definition) is 2. The average Bonchev–Trinajstić information content (AvgIpc) is 3.66. The van der Waals surface area contributed by atoms with E-state index in [1.807, 2.05) is 48.5 Å². The Morgan fingerprint density at radius 1 is 0.811 bits per heavy atom. The van der Waals surface area contributed by atoms with Crippen LogP contribution in [0.3, 0.4) is 0 Å². The highest BCUT2D eigenvalue weighted by Gasteiger charge is 2.30. The van der Waals surface area contributed by atoms with Crippen molar-refractivity contribution >= 4 is 17.5 Å². The molecule has 0 fully saturated rings. The fourth-order valence-electron chi connectivity index (χ4n) is 5.61. The molecule has 1 aromatic heterocycles. The summed E-state index contributed by atoms with van der Waals surface area (Å²) in [5.74, 6) is -0.00480. The molecule has 53 heavy (non-hydrogen) atoms. The number of carbonyl (C=O) groups excluding carboxylic acids is 2. The SMILES string of the molecule is Cc1ccc(-c2ccc(-c3nc(-c4ccc(CN(CCOCO)C(=O)c5ccc(NC(=O)Cc6cccc(C(F)(F)F)c6)cc5)cc4)no3)cc2)cc1. The van der Waals surface area contributed by atoms with Crippen molar-refractivity contribution in [2.24, 2.45) is 0 Å². The molecule has 0 atom stereocenters. The number of nitrogens with zero attached hydrogens (tertiary/aromatic N) is 3. The monoisotopic (exact) mass is 720 g/mol. The number of hydrogen-bond acceptors (Lipinski definition) is 7. The number of aliphatic hydroxyl groups excluding tert-OH is 1. The standard InChI is InChI=1S/C41H35F3N4O5/c1-27-5-9-30(10-6-27)31-13-15-33(16-14-31)39-46-38(47-53-39)32-11-7-28(8-12-32)25-48(21-22-52-26-49)40(51)34-17-19-36(20-18-34)45-37(50)24-29-3-2-4-35(23-29)41(42,43)44/h2-20,23,49H,21-22,24-26H2,1H3,(H,45,50). The van der Waals surface area contributed by atoms with Gasteiger partial charge < -0.3 is 24.6 Å². The molecule has 0 bridgehead atoms. The van der Waals surface area contributed by atoms with Crippen LogP contribution >= 0.6 is 0 Å². The van der Waals surface area contributed by atoms with Gasteiger partial charge in [-0.05, 0) is 71.6 Å². The lowest BCUT2D eigenvalue weighted by molar-refractivity contribution is -0.137. The van der Waals surface area contributed by atoms with Crippen LogP contribution in [0.25, 0.3) is 34.0 Å². The number of halogens is 3. The van der Waals surface area contributed by atoms with Crippen LogP contribution in [0.2, 0.25) is 0 Å². The highest BCUT2D eigenvalue weighted by Crippen LogP contribution is 2.30. The zero-order chi connectivity index (χ0) is 37.4. The second-order valence-electron chi connectivity index (χ2n) is 12.3. The van der Waals surface area contributed by atoms with Gasteiger partial charge in [-0.15, -0.1) is 0 Å². The Labute approximate surface area is 303 Å². The molecule has 0 aliphatic heterocycles. The van der Waals surface area contributed by atoms with Crippen LogP contribution in [-0.4, -0.2) is 51.9 Å². The largest absolute Gasteiger partial charge is 0.416 e. The molecule has 2 amide bonds. The Bertz CT molecular complexity index is 2150. The molecule has 12 heteroatoms. The number of aliphatic hydroxyl groups is 1. The molecule has 0 radical (unpaired) electrons. The Kier molecular flexibility index (Phi) is 11.4. The minimum Gasteiger partial charge on any atom is -0.371 e. The van der Waals surface area contributed by atoms with Gasteiger partial charge in [0.2, 0.25) is 11.7 Å². The zero-order valence-electron chi connectivity index (χ0n) is 28.6. The van der Waals surface area contributed by atoms with Crippen LogP contribution in [0.5, 0.6) is 0 Å². The lowest BCUT2D eigenvalue weighted by Crippen LogP contribution is -2.33. The molecule has 5 aromatic carbocycles. The maximum Gasteiger partial charge on any atom is 0.416 e. The van der Waals surface area contributed by atoms with Crippen LogP contribution in [0.4, 0.5) is 18.9 Å². The molecule has 0 spiro atoms. The lowest BCUT2D eigenvalue weighted by atomic mass is 10.0. The van der Waals surface area contributed by atoms with Gasteiger partial charge in [-0.25, -0.2) is 0 Å². The number of amides is 2. The first-order chi connectivity index (χ1) is 25.6. The van der Waals surface area contributed by atoms with E-state index in [1.165, 1.54) is 17.7 Å². The molecule has 0 aliphatic rings. The summed E-state index contributed by atoms with van der Waals surface area (Å²) in [5.41, 5.74) is 5.85. The summed E-state index contributed by atoms with van der Waals surface area (Å²) >= 11 is 0. The van der Waals surface area contributed by atoms with Crippen LogP contribution in [-0.2, 0) is 28.7 Å². The number of aromatic nitrogens is 2. The zero-order valence-corrected chi connectivity index (χ0v) is 28.6. The predicted molar refractivity (Wildman–Crippen MR) is 193 cm³/mol. The second-order valence-corrected chi connectivity index (χ2v) is 12.3. The highest BCUT2D eigenvalue weighted by molar-refractivity contribution is 5.96. The third-order valence-electron chi connectivity index (χ3n) is 8.45. The topological polar surface area (TPSA) is 118 Å². The Balaban J connectivity index is 1.08. The number of ether oxygens (including phenoxy) is 1. The van der Waals surface area contributed by atoms with E-state index >= 15 is 0 Å². The number of rotatable bonds is 13. The van der Waals surface area contributed by atoms with Gasteiger partial charge in [-0.2, -0.15) is 18.2 Å². The van der Waals surface area contributed by atoms with Crippen molar-refractivity contribution < 1.29 is 37.1 Å². The number of benzene rings is 5. The van der Waals surface area contributed by atoms with Crippen LogP contribution < -0.4 is 5.32 Å². The van der Waals surface area contributed by atoms with E-state index in [1.54, 1.807) is 29.2 Å². The molecule has 0 saturated carbocycles. The summed E-state index contributed by atoms with van der Waals surface area (Å²) in [6.45, 7) is 2.08. The number of aryl methyl sites for hydroxylation is 1. The van der Waals surface area contributed by atoms with Gasteiger partial charge in [-0.1, -0.05) is 89.6 Å². The first-order valence-electron chi connectivity index (χ1n) is 16.7. The van der Waals surface area contributed by atoms with Crippen molar-refractivity contribution in [1.29, 1.82) is 0 Å². The molecule has 0 unspecified atom stereocenters. The summed E-state index contributed by atoms with van der Waals surface area (Å²) in [7, 11) is 0. The number of carbonyl (C=O) groups is 2. The molecule has 6 rings (SSSR count). The molecule has 0 aliphatic carbocycles. The van der Waals surface area contributed by atoms with E-state index in [2.05, 4.69) is 46.6 Å². The predicted octanol–water partition coefficient (Wildman–Crippen LogP) is 8.19. The first-order valence-corrected chi connectivity index (χ1v) is 16.7. The van der Waals surface area contributed by atoms with E-state index in [4.69, 9.17) is 14.4 Å². The van der Waals surface area contributed by atoms with Crippen molar-refractivity contribution in [3.63, 3.8) is 0 Å². The van der Waals surface area contributed by atoms with E-state index in [0.717, 1.165) is 39.9 Å². The highest BCUT2D eigenvalue weighted by atomic mass is 19.4. The Morgan fingerprint density at radius 3 is 2.11 bits per heavy atom. The first kappa shape index (κ1) is 36.7. The van der Waals surface area contributed by atoms with Gasteiger partial charge in [0.1, 0.15) is 6.79 Å². The third kappa shape index (κ3) is 9.61. The van der Waals surface area contributed by atoms with Crippen molar-refractivity contribution in [2.75, 3.05) is 25.3 Å². The van der Waals surface area contributed by atoms with Gasteiger partial charge in [0, 0.05) is 35.5 Å². The van der Waals surface area contributed by atoms with Gasteiger partial charge in [-0.3, -0.25) is 9.59 Å². The fourth-order valence-corrected chi connectivity index (χ4v) is 5.61. The van der Waals surface area contributed by atoms with E-state index < -0.39 is 24.4 Å². The van der Waals surface area contributed by atoms with Crippen molar-refractivity contribution in [3.05, 3.63) is 149 Å². The molecule has 270 valence electrons. The summed E-state index contributed by atoms with van der Waals surface area (Å²) in [6, 6.07) is 34.4. The fraction of sp³-hybridized carbons (Fsp3) is 0.171. The second kappa shape index (κ2) is 16.5. The normalized spacial score (nSPS) is 11.3. The van der Waals surface area contributed by atoms with Gasteiger partial charge in [0.25, 0.3) is 11.8 Å². The minimum atomic E-state index is -4.51. The van der Waals surface area contributed by atoms with Crippen molar-refractivity contribution in [3.8, 4) is 34.0 Å². The van der Waals surface area contributed by atoms with Crippen molar-refractivity contribution in [2.45, 2.75) is 26.1 Å². The van der Waals surface area contributed by atoms with Crippen LogP contribution in [0.1, 0.15) is 32.6 Å².